The van der Waals surface area contributed by atoms with Crippen LogP contribution in [0.25, 0.3) is 0 Å². The van der Waals surface area contributed by atoms with Crippen molar-refractivity contribution in [3.8, 4) is 5.75 Å². The molecule has 0 aromatic heterocycles. The van der Waals surface area contributed by atoms with Gasteiger partial charge < -0.3 is 10.1 Å². The minimum absolute atomic E-state index is 0. The monoisotopic (exact) mass is 419 g/mol. The Morgan fingerprint density at radius 1 is 1.11 bits per heavy atom. The molecule has 1 aromatic carbocycles. The van der Waals surface area contributed by atoms with Crippen LogP contribution < -0.4 is 10.1 Å². The summed E-state index contributed by atoms with van der Waals surface area (Å²) in [5.74, 6) is 0.657. The number of methoxy groups -OCH3 is 1. The maximum absolute atomic E-state index is 12.7. The Bertz CT molecular complexity index is 709. The number of rotatable bonds is 6. The van der Waals surface area contributed by atoms with Crippen molar-refractivity contribution < 1.29 is 17.9 Å². The van der Waals surface area contributed by atoms with Crippen LogP contribution >= 0.6 is 12.4 Å². The normalized spacial score (nSPS) is 16.4. The molecule has 1 saturated heterocycles. The molecule has 0 aliphatic carbocycles. The molecule has 0 bridgehead atoms. The van der Waals surface area contributed by atoms with E-state index in [4.69, 9.17) is 4.74 Å². The molecule has 1 amide bonds. The Kier molecular flexibility index (Phi) is 8.53. The number of halogens is 1. The second-order valence-corrected chi connectivity index (χ2v) is 9.37. The van der Waals surface area contributed by atoms with E-state index in [0.717, 1.165) is 6.54 Å². The molecular weight excluding hydrogens is 390 g/mol. The number of ether oxygens (including phenoxy) is 1. The number of piperazine rings is 1. The van der Waals surface area contributed by atoms with Gasteiger partial charge in [-0.25, -0.2) is 8.42 Å². The van der Waals surface area contributed by atoms with E-state index in [1.54, 1.807) is 31.4 Å². The maximum atomic E-state index is 12.7. The summed E-state index contributed by atoms with van der Waals surface area (Å²) < 4.78 is 32.0. The third-order valence-corrected chi connectivity index (χ3v) is 6.34. The van der Waals surface area contributed by atoms with E-state index in [1.165, 1.54) is 4.31 Å². The van der Waals surface area contributed by atoms with E-state index >= 15 is 0 Å². The van der Waals surface area contributed by atoms with Gasteiger partial charge in [-0.15, -0.1) is 12.4 Å². The van der Waals surface area contributed by atoms with Crippen molar-refractivity contribution in [2.24, 2.45) is 5.41 Å². The molecule has 9 heteroatoms. The lowest BCUT2D eigenvalue weighted by Crippen LogP contribution is -2.50. The summed E-state index contributed by atoms with van der Waals surface area (Å²) in [6.45, 7) is 9.13. The molecule has 1 fully saturated rings. The Morgan fingerprint density at radius 2 is 1.67 bits per heavy atom. The number of nitrogens with zero attached hydrogens (tertiary/aromatic N) is 2. The van der Waals surface area contributed by atoms with Gasteiger partial charge in [-0.2, -0.15) is 4.31 Å². The first-order valence-electron chi connectivity index (χ1n) is 8.79. The number of carbonyl (C=O) groups is 1. The van der Waals surface area contributed by atoms with Crippen molar-refractivity contribution in [2.45, 2.75) is 25.7 Å². The molecule has 0 spiro atoms. The molecule has 1 aliphatic heterocycles. The molecule has 0 radical (unpaired) electrons. The predicted molar refractivity (Wildman–Crippen MR) is 108 cm³/mol. The molecule has 1 N–H and O–H groups in total. The van der Waals surface area contributed by atoms with Crippen LogP contribution in [0.1, 0.15) is 20.8 Å². The van der Waals surface area contributed by atoms with Crippen LogP contribution in [-0.2, 0) is 14.8 Å². The van der Waals surface area contributed by atoms with E-state index < -0.39 is 15.4 Å². The molecule has 1 aromatic rings. The largest absolute Gasteiger partial charge is 0.497 e. The summed E-state index contributed by atoms with van der Waals surface area (Å²) in [4.78, 5) is 14.3. The van der Waals surface area contributed by atoms with Crippen molar-refractivity contribution in [1.82, 2.24) is 14.5 Å². The van der Waals surface area contributed by atoms with Crippen LogP contribution in [0.4, 0.5) is 0 Å². The Morgan fingerprint density at radius 3 is 2.15 bits per heavy atom. The average molecular weight is 420 g/mol. The van der Waals surface area contributed by atoms with Crippen LogP contribution in [0.15, 0.2) is 29.2 Å². The van der Waals surface area contributed by atoms with Gasteiger partial charge in [0.05, 0.1) is 12.0 Å². The van der Waals surface area contributed by atoms with E-state index in [1.807, 2.05) is 20.8 Å². The number of sulfonamides is 1. The molecular formula is C18H30ClN3O4S. The first kappa shape index (κ1) is 23.7. The summed E-state index contributed by atoms with van der Waals surface area (Å²) in [5.41, 5.74) is -0.398. The Balaban J connectivity index is 0.00000364. The van der Waals surface area contributed by atoms with E-state index in [-0.39, 0.29) is 23.2 Å². The van der Waals surface area contributed by atoms with Crippen LogP contribution in [-0.4, -0.2) is 69.9 Å². The lowest BCUT2D eigenvalue weighted by atomic mass is 9.96. The fourth-order valence-corrected chi connectivity index (χ4v) is 4.11. The topological polar surface area (TPSA) is 79.0 Å². The molecule has 7 nitrogen and oxygen atoms in total. The molecule has 0 unspecified atom stereocenters. The van der Waals surface area contributed by atoms with Crippen molar-refractivity contribution in [3.63, 3.8) is 0 Å². The van der Waals surface area contributed by atoms with Gasteiger partial charge in [0, 0.05) is 44.7 Å². The molecule has 154 valence electrons. The zero-order valence-electron chi connectivity index (χ0n) is 16.4. The molecule has 27 heavy (non-hydrogen) atoms. The highest BCUT2D eigenvalue weighted by Crippen LogP contribution is 2.20. The van der Waals surface area contributed by atoms with Crippen LogP contribution in [0.5, 0.6) is 5.75 Å². The van der Waals surface area contributed by atoms with E-state index in [2.05, 4.69) is 10.2 Å². The summed E-state index contributed by atoms with van der Waals surface area (Å²) in [6.07, 6.45) is 0. The first-order chi connectivity index (χ1) is 12.1. The Hall–Kier alpha value is -1.35. The summed E-state index contributed by atoms with van der Waals surface area (Å²) in [6, 6.07) is 6.45. The van der Waals surface area contributed by atoms with Gasteiger partial charge in [0.15, 0.2) is 0 Å². The fraction of sp³-hybridized carbons (Fsp3) is 0.611. The highest BCUT2D eigenvalue weighted by atomic mass is 35.5. The number of benzene rings is 1. The smallest absolute Gasteiger partial charge is 0.243 e. The lowest BCUT2D eigenvalue weighted by Gasteiger charge is -2.34. The number of hydrogen-bond donors (Lipinski definition) is 1. The third kappa shape index (κ3) is 6.34. The van der Waals surface area contributed by atoms with Gasteiger partial charge in [-0.1, -0.05) is 20.8 Å². The zero-order valence-corrected chi connectivity index (χ0v) is 18.0. The summed E-state index contributed by atoms with van der Waals surface area (Å²) >= 11 is 0. The molecule has 0 atom stereocenters. The van der Waals surface area contributed by atoms with Gasteiger partial charge >= 0.3 is 0 Å². The lowest BCUT2D eigenvalue weighted by molar-refractivity contribution is -0.128. The standard InChI is InChI=1S/C18H29N3O4S.ClH/c1-18(2,3)17(22)19-9-10-20-11-13-21(14-12-20)26(23,24)16-7-5-15(25-4)6-8-16;/h5-8H,9-14H2,1-4H3,(H,19,22);1H. The second-order valence-electron chi connectivity index (χ2n) is 7.43. The maximum Gasteiger partial charge on any atom is 0.243 e. The average Bonchev–Trinajstić information content (AvgIpc) is 2.61. The number of carbonyl (C=O) groups excluding carboxylic acids is 1. The van der Waals surface area contributed by atoms with Gasteiger partial charge in [0.25, 0.3) is 0 Å². The van der Waals surface area contributed by atoms with Crippen molar-refractivity contribution in [2.75, 3.05) is 46.4 Å². The van der Waals surface area contributed by atoms with Crippen LogP contribution in [0.3, 0.4) is 0 Å². The predicted octanol–water partition coefficient (Wildman–Crippen LogP) is 1.59. The highest BCUT2D eigenvalue weighted by molar-refractivity contribution is 7.89. The summed E-state index contributed by atoms with van der Waals surface area (Å²) in [5, 5.41) is 2.92. The zero-order chi connectivity index (χ0) is 19.4. The van der Waals surface area contributed by atoms with Gasteiger partial charge in [0.2, 0.25) is 15.9 Å². The van der Waals surface area contributed by atoms with Gasteiger partial charge in [-0.3, -0.25) is 9.69 Å². The third-order valence-electron chi connectivity index (χ3n) is 4.42. The SMILES string of the molecule is COc1ccc(S(=O)(=O)N2CCN(CCNC(=O)C(C)(C)C)CC2)cc1.Cl. The molecule has 1 aliphatic rings. The molecule has 1 heterocycles. The van der Waals surface area contributed by atoms with Crippen molar-refractivity contribution in [1.29, 1.82) is 0 Å². The van der Waals surface area contributed by atoms with Crippen molar-refractivity contribution >= 4 is 28.3 Å². The summed E-state index contributed by atoms with van der Waals surface area (Å²) in [7, 11) is -1.93. The van der Waals surface area contributed by atoms with Gasteiger partial charge in [0.1, 0.15) is 5.75 Å². The number of nitrogens with one attached hydrogen (secondary N) is 1. The van der Waals surface area contributed by atoms with Gasteiger partial charge in [-0.05, 0) is 24.3 Å². The first-order valence-corrected chi connectivity index (χ1v) is 10.2. The molecule has 2 rings (SSSR count). The molecule has 0 saturated carbocycles. The second kappa shape index (κ2) is 9.73. The number of amides is 1. The highest BCUT2D eigenvalue weighted by Gasteiger charge is 2.28. The number of hydrogen-bond acceptors (Lipinski definition) is 5. The van der Waals surface area contributed by atoms with Crippen molar-refractivity contribution in [3.05, 3.63) is 24.3 Å². The van der Waals surface area contributed by atoms with Crippen LogP contribution in [0, 0.1) is 5.41 Å². The quantitative estimate of drug-likeness (QED) is 0.757. The van der Waals surface area contributed by atoms with E-state index in [0.29, 0.717) is 38.5 Å². The Labute approximate surface area is 168 Å². The van der Waals surface area contributed by atoms with E-state index in [9.17, 15) is 13.2 Å². The minimum Gasteiger partial charge on any atom is -0.497 e. The minimum atomic E-state index is -3.48. The van der Waals surface area contributed by atoms with Crippen LogP contribution in [0.2, 0.25) is 0 Å². The fourth-order valence-electron chi connectivity index (χ4n) is 2.68.